The first-order valence-corrected chi connectivity index (χ1v) is 8.83. The molecule has 0 saturated heterocycles. The van der Waals surface area contributed by atoms with Crippen LogP contribution in [0.1, 0.15) is 29.7 Å². The monoisotopic (exact) mass is 372 g/mol. The number of hydrogen-bond donors (Lipinski definition) is 1. The van der Waals surface area contributed by atoms with E-state index in [9.17, 15) is 9.59 Å². The molecule has 2 amide bonds. The Bertz CT molecular complexity index is 888. The Labute approximate surface area is 157 Å². The number of fused-ring (bicyclic) bond motifs is 1. The summed E-state index contributed by atoms with van der Waals surface area (Å²) in [7, 11) is 1.77. The number of nitrogens with one attached hydrogen (secondary N) is 1. The molecule has 1 aromatic carbocycles. The first kappa shape index (κ1) is 18.2. The summed E-state index contributed by atoms with van der Waals surface area (Å²) >= 11 is 6.34. The van der Waals surface area contributed by atoms with Gasteiger partial charge >= 0.3 is 0 Å². The Morgan fingerprint density at radius 3 is 2.88 bits per heavy atom. The first-order chi connectivity index (χ1) is 12.4. The van der Waals surface area contributed by atoms with Crippen molar-refractivity contribution < 1.29 is 9.59 Å². The Morgan fingerprint density at radius 1 is 1.46 bits per heavy atom. The molecule has 7 heteroatoms. The van der Waals surface area contributed by atoms with E-state index in [1.54, 1.807) is 16.6 Å². The van der Waals surface area contributed by atoms with Gasteiger partial charge in [-0.05, 0) is 49.6 Å². The molecule has 1 aromatic heterocycles. The van der Waals surface area contributed by atoms with Crippen molar-refractivity contribution in [2.45, 2.75) is 32.7 Å². The predicted molar refractivity (Wildman–Crippen MR) is 102 cm³/mol. The third kappa shape index (κ3) is 3.51. The number of carbonyl (C=O) groups excluding carboxylic acids is 2. The number of aromatic nitrogens is 2. The molecule has 1 aliphatic rings. The maximum Gasteiger partial charge on any atom is 0.250 e. The van der Waals surface area contributed by atoms with Crippen LogP contribution in [0, 0.1) is 6.92 Å². The van der Waals surface area contributed by atoms with Crippen LogP contribution in [0.25, 0.3) is 0 Å². The zero-order valence-electron chi connectivity index (χ0n) is 14.9. The van der Waals surface area contributed by atoms with Gasteiger partial charge in [0.05, 0.1) is 12.2 Å². The number of aryl methyl sites for hydroxylation is 3. The minimum atomic E-state index is -0.220. The average Bonchev–Trinajstić information content (AvgIpc) is 2.76. The molecule has 1 N–H and O–H groups in total. The number of anilines is 2. The van der Waals surface area contributed by atoms with Crippen molar-refractivity contribution >= 4 is 34.8 Å². The maximum absolute atomic E-state index is 12.5. The zero-order valence-corrected chi connectivity index (χ0v) is 15.6. The highest BCUT2D eigenvalue weighted by Gasteiger charge is 2.21. The van der Waals surface area contributed by atoms with E-state index in [0.717, 1.165) is 41.0 Å². The predicted octanol–water partition coefficient (Wildman–Crippen LogP) is 3.38. The van der Waals surface area contributed by atoms with E-state index in [1.807, 2.05) is 25.1 Å². The van der Waals surface area contributed by atoms with Crippen molar-refractivity contribution in [3.63, 3.8) is 0 Å². The molecule has 3 rings (SSSR count). The van der Waals surface area contributed by atoms with Crippen LogP contribution in [-0.2, 0) is 29.6 Å². The number of hydrogen-bond acceptors (Lipinski definition) is 3. The fraction of sp³-hybridized carbons (Fsp3) is 0.316. The summed E-state index contributed by atoms with van der Waals surface area (Å²) in [4.78, 5) is 25.8. The third-order valence-electron chi connectivity index (χ3n) is 4.55. The lowest BCUT2D eigenvalue weighted by Crippen LogP contribution is -2.29. The zero-order chi connectivity index (χ0) is 18.8. The van der Waals surface area contributed by atoms with Crippen molar-refractivity contribution in [1.29, 1.82) is 0 Å². The maximum atomic E-state index is 12.5. The molecule has 2 aromatic rings. The lowest BCUT2D eigenvalue weighted by Gasteiger charge is -2.23. The second kappa shape index (κ2) is 7.33. The summed E-state index contributed by atoms with van der Waals surface area (Å²) in [6.45, 7) is 5.77. The standard InChI is InChI=1S/C19H21ClN4O2/c1-4-18(26)24(11-15-12(2)22-23(3)19(15)20)14-8-9-16-13(10-14)6-5-7-17(25)21-16/h4,8-10H,1,5-7,11H2,2-3H3,(H,21,25). The molecule has 1 aliphatic heterocycles. The number of rotatable bonds is 4. The molecule has 0 fully saturated rings. The van der Waals surface area contributed by atoms with Crippen LogP contribution >= 0.6 is 11.6 Å². The van der Waals surface area contributed by atoms with Crippen LogP contribution in [0.4, 0.5) is 11.4 Å². The van der Waals surface area contributed by atoms with Crippen molar-refractivity contribution in [1.82, 2.24) is 9.78 Å². The summed E-state index contributed by atoms with van der Waals surface area (Å²) < 4.78 is 1.59. The Kier molecular flexibility index (Phi) is 5.13. The number of halogens is 1. The van der Waals surface area contributed by atoms with Gasteiger partial charge in [0.2, 0.25) is 5.91 Å². The SMILES string of the molecule is C=CC(=O)N(Cc1c(C)nn(C)c1Cl)c1ccc2c(c1)CCCC(=O)N2. The Balaban J connectivity index is 1.98. The van der Waals surface area contributed by atoms with Crippen molar-refractivity contribution in [2.24, 2.45) is 7.05 Å². The van der Waals surface area contributed by atoms with Crippen molar-refractivity contribution in [2.75, 3.05) is 10.2 Å². The molecule has 0 unspecified atom stereocenters. The van der Waals surface area contributed by atoms with Gasteiger partial charge in [-0.25, -0.2) is 0 Å². The molecule has 0 bridgehead atoms. The van der Waals surface area contributed by atoms with Crippen LogP contribution in [0.15, 0.2) is 30.9 Å². The van der Waals surface area contributed by atoms with Crippen LogP contribution in [0.3, 0.4) is 0 Å². The quantitative estimate of drug-likeness (QED) is 0.836. The van der Waals surface area contributed by atoms with Crippen LogP contribution < -0.4 is 10.2 Å². The minimum absolute atomic E-state index is 0.0216. The smallest absolute Gasteiger partial charge is 0.250 e. The number of benzene rings is 1. The first-order valence-electron chi connectivity index (χ1n) is 8.45. The highest BCUT2D eigenvalue weighted by atomic mass is 35.5. The van der Waals surface area contributed by atoms with Gasteiger partial charge in [0.15, 0.2) is 0 Å². The normalized spacial score (nSPS) is 13.6. The molecule has 136 valence electrons. The van der Waals surface area contributed by atoms with E-state index in [4.69, 9.17) is 11.6 Å². The molecule has 0 radical (unpaired) electrons. The van der Waals surface area contributed by atoms with Gasteiger partial charge in [-0.15, -0.1) is 0 Å². The summed E-state index contributed by atoms with van der Waals surface area (Å²) in [5, 5.41) is 7.72. The van der Waals surface area contributed by atoms with Crippen molar-refractivity contribution in [3.05, 3.63) is 52.8 Å². The van der Waals surface area contributed by atoms with E-state index in [1.165, 1.54) is 6.08 Å². The lowest BCUT2D eigenvalue weighted by molar-refractivity contribution is -0.116. The van der Waals surface area contributed by atoms with Gasteiger partial charge in [-0.1, -0.05) is 18.2 Å². The highest BCUT2D eigenvalue weighted by molar-refractivity contribution is 6.30. The van der Waals surface area contributed by atoms with Crippen LogP contribution in [0.5, 0.6) is 0 Å². The average molecular weight is 373 g/mol. The molecule has 26 heavy (non-hydrogen) atoms. The van der Waals surface area contributed by atoms with E-state index in [0.29, 0.717) is 18.1 Å². The van der Waals surface area contributed by atoms with E-state index >= 15 is 0 Å². The summed E-state index contributed by atoms with van der Waals surface area (Å²) in [6.07, 6.45) is 3.35. The van der Waals surface area contributed by atoms with E-state index in [-0.39, 0.29) is 11.8 Å². The van der Waals surface area contributed by atoms with Crippen molar-refractivity contribution in [3.8, 4) is 0 Å². The summed E-state index contributed by atoms with van der Waals surface area (Å²) in [6, 6.07) is 5.61. The summed E-state index contributed by atoms with van der Waals surface area (Å²) in [5.41, 5.74) is 4.14. The van der Waals surface area contributed by atoms with Gasteiger partial charge in [0.25, 0.3) is 5.91 Å². The lowest BCUT2D eigenvalue weighted by atomic mass is 10.1. The van der Waals surface area contributed by atoms with Gasteiger partial charge < -0.3 is 10.2 Å². The van der Waals surface area contributed by atoms with Crippen LogP contribution in [-0.4, -0.2) is 21.6 Å². The topological polar surface area (TPSA) is 67.2 Å². The molecule has 0 spiro atoms. The van der Waals surface area contributed by atoms with Crippen LogP contribution in [0.2, 0.25) is 5.15 Å². The second-order valence-corrected chi connectivity index (χ2v) is 6.71. The van der Waals surface area contributed by atoms with E-state index < -0.39 is 0 Å². The third-order valence-corrected chi connectivity index (χ3v) is 5.02. The summed E-state index contributed by atoms with van der Waals surface area (Å²) in [5.74, 6) is -0.199. The molecule has 6 nitrogen and oxygen atoms in total. The van der Waals surface area contributed by atoms with Gasteiger partial charge in [0, 0.05) is 30.4 Å². The Hall–Kier alpha value is -2.60. The molecule has 0 saturated carbocycles. The minimum Gasteiger partial charge on any atom is -0.326 e. The molecule has 0 aliphatic carbocycles. The fourth-order valence-corrected chi connectivity index (χ4v) is 3.38. The van der Waals surface area contributed by atoms with Gasteiger partial charge in [0.1, 0.15) is 5.15 Å². The number of amides is 2. The molecule has 2 heterocycles. The number of nitrogens with zero attached hydrogens (tertiary/aromatic N) is 3. The van der Waals surface area contributed by atoms with Gasteiger partial charge in [-0.3, -0.25) is 14.3 Å². The highest BCUT2D eigenvalue weighted by Crippen LogP contribution is 2.30. The molecular formula is C19H21ClN4O2. The molecule has 0 atom stereocenters. The Morgan fingerprint density at radius 2 is 2.23 bits per heavy atom. The fourth-order valence-electron chi connectivity index (χ4n) is 3.15. The van der Waals surface area contributed by atoms with E-state index in [2.05, 4.69) is 17.0 Å². The number of carbonyl (C=O) groups is 2. The van der Waals surface area contributed by atoms with Gasteiger partial charge in [-0.2, -0.15) is 5.10 Å². The second-order valence-electron chi connectivity index (χ2n) is 6.35. The molecular weight excluding hydrogens is 352 g/mol. The largest absolute Gasteiger partial charge is 0.326 e.